The van der Waals surface area contributed by atoms with Gasteiger partial charge in [-0.3, -0.25) is 23.8 Å². The topological polar surface area (TPSA) is 126 Å². The maximum Gasteiger partial charge on any atom is 0.330 e. The van der Waals surface area contributed by atoms with Crippen LogP contribution < -0.4 is 21.3 Å². The van der Waals surface area contributed by atoms with E-state index in [1.807, 2.05) is 13.2 Å². The Kier molecular flexibility index (Phi) is 5.37. The Morgan fingerprint density at radius 2 is 1.81 bits per heavy atom. The second kappa shape index (κ2) is 8.30. The number of hydrogen-bond acceptors (Lipinski definition) is 7. The van der Waals surface area contributed by atoms with E-state index in [-0.39, 0.29) is 11.4 Å². The third-order valence-electron chi connectivity index (χ3n) is 4.64. The maximum atomic E-state index is 12.5. The van der Waals surface area contributed by atoms with Gasteiger partial charge in [0.25, 0.3) is 11.5 Å². The van der Waals surface area contributed by atoms with Gasteiger partial charge in [0, 0.05) is 51.4 Å². The van der Waals surface area contributed by atoms with Crippen LogP contribution in [0.15, 0.2) is 64.8 Å². The number of aromatic nitrogens is 6. The molecule has 0 radical (unpaired) electrons. The summed E-state index contributed by atoms with van der Waals surface area (Å²) in [6.45, 7) is 0. The maximum absolute atomic E-state index is 12.5. The van der Waals surface area contributed by atoms with Gasteiger partial charge < -0.3 is 14.6 Å². The van der Waals surface area contributed by atoms with Crippen LogP contribution in [0.25, 0.3) is 11.3 Å². The molecular weight excluding hydrogens is 414 g/mol. The second-order valence-corrected chi connectivity index (χ2v) is 7.02. The van der Waals surface area contributed by atoms with E-state index in [2.05, 4.69) is 20.4 Å². The monoisotopic (exact) mass is 433 g/mol. The van der Waals surface area contributed by atoms with E-state index >= 15 is 0 Å². The molecule has 0 aromatic carbocycles. The van der Waals surface area contributed by atoms with Gasteiger partial charge in [-0.15, -0.1) is 0 Å². The molecule has 0 saturated heterocycles. The van der Waals surface area contributed by atoms with Crippen LogP contribution in [0.4, 0.5) is 5.82 Å². The van der Waals surface area contributed by atoms with Crippen LogP contribution in [-0.2, 0) is 21.1 Å². The molecule has 0 aliphatic heterocycles. The van der Waals surface area contributed by atoms with Crippen LogP contribution in [0.3, 0.4) is 0 Å². The number of ether oxygens (including phenoxy) is 1. The zero-order chi connectivity index (χ0) is 22.8. The lowest BCUT2D eigenvalue weighted by molar-refractivity contribution is 0.102. The Morgan fingerprint density at radius 3 is 2.50 bits per heavy atom. The molecule has 0 atom stereocenters. The van der Waals surface area contributed by atoms with E-state index < -0.39 is 17.2 Å². The first kappa shape index (κ1) is 20.7. The molecular formula is C21H19N7O4. The predicted octanol–water partition coefficient (Wildman–Crippen LogP) is 1.32. The third-order valence-corrected chi connectivity index (χ3v) is 4.64. The first-order valence-electron chi connectivity index (χ1n) is 9.49. The summed E-state index contributed by atoms with van der Waals surface area (Å²) in [5.41, 5.74) is 0.197. The summed E-state index contributed by atoms with van der Waals surface area (Å²) in [6.07, 6.45) is 7.83. The normalized spacial score (nSPS) is 10.7. The van der Waals surface area contributed by atoms with E-state index in [4.69, 9.17) is 4.74 Å². The summed E-state index contributed by atoms with van der Waals surface area (Å²) >= 11 is 0. The number of amides is 1. The average molecular weight is 433 g/mol. The van der Waals surface area contributed by atoms with Gasteiger partial charge >= 0.3 is 5.69 Å². The number of hydrogen-bond donors (Lipinski definition) is 1. The highest BCUT2D eigenvalue weighted by atomic mass is 16.5. The highest BCUT2D eigenvalue weighted by molar-refractivity contribution is 6.03. The zero-order valence-corrected chi connectivity index (χ0v) is 17.5. The van der Waals surface area contributed by atoms with Crippen molar-refractivity contribution in [2.24, 2.45) is 21.1 Å². The molecule has 0 aliphatic rings. The Hall–Kier alpha value is -4.54. The molecule has 0 spiro atoms. The van der Waals surface area contributed by atoms with Crippen molar-refractivity contribution in [3.8, 4) is 22.8 Å². The Bertz CT molecular complexity index is 1420. The number of rotatable bonds is 5. The minimum atomic E-state index is -0.687. The molecule has 4 rings (SSSR count). The molecule has 4 heterocycles. The van der Waals surface area contributed by atoms with Crippen molar-refractivity contribution >= 4 is 11.7 Å². The Labute approximate surface area is 181 Å². The van der Waals surface area contributed by atoms with Gasteiger partial charge in [0.1, 0.15) is 22.9 Å². The summed E-state index contributed by atoms with van der Waals surface area (Å²) in [5.74, 6) is 0.567. The van der Waals surface area contributed by atoms with Crippen molar-refractivity contribution < 1.29 is 9.53 Å². The summed E-state index contributed by atoms with van der Waals surface area (Å²) in [4.78, 5) is 44.9. The van der Waals surface area contributed by atoms with Crippen molar-refractivity contribution in [2.75, 3.05) is 5.32 Å². The number of aryl methyl sites for hydroxylation is 2. The fraction of sp³-hybridized carbons (Fsp3) is 0.143. The first-order chi connectivity index (χ1) is 15.3. The van der Waals surface area contributed by atoms with Crippen LogP contribution in [0.1, 0.15) is 10.4 Å². The lowest BCUT2D eigenvalue weighted by Gasteiger charge is -2.09. The molecule has 0 bridgehead atoms. The van der Waals surface area contributed by atoms with E-state index in [0.717, 1.165) is 14.7 Å². The van der Waals surface area contributed by atoms with Crippen molar-refractivity contribution in [3.05, 3.63) is 81.7 Å². The summed E-state index contributed by atoms with van der Waals surface area (Å²) in [5, 5.41) is 6.68. The minimum absolute atomic E-state index is 0.170. The molecule has 0 aliphatic carbocycles. The summed E-state index contributed by atoms with van der Waals surface area (Å²) < 4.78 is 9.54. The van der Waals surface area contributed by atoms with Crippen molar-refractivity contribution in [1.82, 2.24) is 28.9 Å². The van der Waals surface area contributed by atoms with Crippen LogP contribution in [-0.4, -0.2) is 34.8 Å². The predicted molar refractivity (Wildman–Crippen MR) is 116 cm³/mol. The molecule has 4 aromatic heterocycles. The molecule has 11 heteroatoms. The molecule has 32 heavy (non-hydrogen) atoms. The van der Waals surface area contributed by atoms with Crippen LogP contribution >= 0.6 is 0 Å². The van der Waals surface area contributed by atoms with Crippen LogP contribution in [0, 0.1) is 0 Å². The smallest absolute Gasteiger partial charge is 0.330 e. The van der Waals surface area contributed by atoms with E-state index in [1.165, 1.54) is 26.5 Å². The van der Waals surface area contributed by atoms with Gasteiger partial charge in [0.2, 0.25) is 0 Å². The minimum Gasteiger partial charge on any atom is -0.456 e. The lowest BCUT2D eigenvalue weighted by Crippen LogP contribution is -2.40. The SMILES string of the molecule is Cn1cc(-c2cc(Oc3ccc(NC(=O)c4cn(C)c(=O)n(C)c4=O)nc3)ccn2)cn1. The Morgan fingerprint density at radius 1 is 1.00 bits per heavy atom. The molecule has 1 amide bonds. The van der Waals surface area contributed by atoms with Crippen molar-refractivity contribution in [3.63, 3.8) is 0 Å². The van der Waals surface area contributed by atoms with E-state index in [0.29, 0.717) is 17.2 Å². The fourth-order valence-corrected chi connectivity index (χ4v) is 2.98. The molecule has 1 N–H and O–H groups in total. The van der Waals surface area contributed by atoms with Crippen LogP contribution in [0.2, 0.25) is 0 Å². The standard InChI is InChI=1S/C21H19N7O4/c1-26-12-16(20(30)28(3)21(26)31)19(29)25-18-5-4-15(10-23-18)32-14-6-7-22-17(8-14)13-9-24-27(2)11-13/h4-12H,1-3H3,(H,23,25,29). The molecule has 162 valence electrons. The van der Waals surface area contributed by atoms with Crippen molar-refractivity contribution in [2.45, 2.75) is 0 Å². The highest BCUT2D eigenvalue weighted by Crippen LogP contribution is 2.25. The van der Waals surface area contributed by atoms with Gasteiger partial charge in [0.15, 0.2) is 0 Å². The van der Waals surface area contributed by atoms with E-state index in [9.17, 15) is 14.4 Å². The molecule has 0 saturated carbocycles. The van der Waals surface area contributed by atoms with Crippen molar-refractivity contribution in [1.29, 1.82) is 0 Å². The molecule has 4 aromatic rings. The Balaban J connectivity index is 1.48. The lowest BCUT2D eigenvalue weighted by atomic mass is 10.2. The molecule has 0 fully saturated rings. The second-order valence-electron chi connectivity index (χ2n) is 7.02. The molecule has 11 nitrogen and oxygen atoms in total. The van der Waals surface area contributed by atoms with Gasteiger partial charge in [-0.1, -0.05) is 0 Å². The number of carbonyl (C=O) groups excluding carboxylic acids is 1. The van der Waals surface area contributed by atoms with Crippen LogP contribution in [0.5, 0.6) is 11.5 Å². The first-order valence-corrected chi connectivity index (χ1v) is 9.49. The van der Waals surface area contributed by atoms with Gasteiger partial charge in [0.05, 0.1) is 18.1 Å². The average Bonchev–Trinajstić information content (AvgIpc) is 3.22. The number of pyridine rings is 2. The highest BCUT2D eigenvalue weighted by Gasteiger charge is 2.15. The largest absolute Gasteiger partial charge is 0.456 e. The number of carbonyl (C=O) groups is 1. The third kappa shape index (κ3) is 4.17. The van der Waals surface area contributed by atoms with Gasteiger partial charge in [-0.2, -0.15) is 5.10 Å². The number of nitrogens with one attached hydrogen (secondary N) is 1. The molecule has 0 unspecified atom stereocenters. The summed E-state index contributed by atoms with van der Waals surface area (Å²) in [6, 6.07) is 6.67. The zero-order valence-electron chi connectivity index (χ0n) is 17.5. The summed E-state index contributed by atoms with van der Waals surface area (Å²) in [7, 11) is 4.60. The quantitative estimate of drug-likeness (QED) is 0.503. The number of nitrogens with zero attached hydrogens (tertiary/aromatic N) is 6. The van der Waals surface area contributed by atoms with Gasteiger partial charge in [-0.05, 0) is 18.2 Å². The van der Waals surface area contributed by atoms with Gasteiger partial charge in [-0.25, -0.2) is 9.78 Å². The number of anilines is 1. The fourth-order valence-electron chi connectivity index (χ4n) is 2.98. The van der Waals surface area contributed by atoms with E-state index in [1.54, 1.807) is 41.3 Å².